The highest BCUT2D eigenvalue weighted by molar-refractivity contribution is 5.95. The molecule has 1 heterocycles. The van der Waals surface area contributed by atoms with Gasteiger partial charge in [0.1, 0.15) is 6.54 Å². The van der Waals surface area contributed by atoms with Gasteiger partial charge in [-0.05, 0) is 37.3 Å². The SMILES string of the molecule is COC(=O)c1ccn(CC(=O)Nc2ccc(C(C)=O)cc2)n1. The maximum Gasteiger partial charge on any atom is 0.358 e. The van der Waals surface area contributed by atoms with Crippen LogP contribution in [0.4, 0.5) is 5.69 Å². The number of hydrogen-bond acceptors (Lipinski definition) is 5. The van der Waals surface area contributed by atoms with Gasteiger partial charge in [0.15, 0.2) is 11.5 Å². The first-order chi connectivity index (χ1) is 10.5. The number of anilines is 1. The molecule has 0 aliphatic carbocycles. The lowest BCUT2D eigenvalue weighted by Crippen LogP contribution is -2.19. The quantitative estimate of drug-likeness (QED) is 0.668. The van der Waals surface area contributed by atoms with Gasteiger partial charge in [0, 0.05) is 17.4 Å². The van der Waals surface area contributed by atoms with Crippen molar-refractivity contribution in [2.24, 2.45) is 0 Å². The lowest BCUT2D eigenvalue weighted by molar-refractivity contribution is -0.116. The van der Waals surface area contributed by atoms with Crippen LogP contribution in [0, 0.1) is 0 Å². The zero-order chi connectivity index (χ0) is 16.1. The summed E-state index contributed by atoms with van der Waals surface area (Å²) in [6.45, 7) is 1.44. The second-order valence-electron chi connectivity index (χ2n) is 4.57. The van der Waals surface area contributed by atoms with Crippen molar-refractivity contribution in [2.45, 2.75) is 13.5 Å². The lowest BCUT2D eigenvalue weighted by Gasteiger charge is -2.06. The number of nitrogens with zero attached hydrogens (tertiary/aromatic N) is 2. The molecule has 22 heavy (non-hydrogen) atoms. The Hall–Kier alpha value is -2.96. The van der Waals surface area contributed by atoms with Crippen LogP contribution < -0.4 is 5.32 Å². The van der Waals surface area contributed by atoms with Gasteiger partial charge in [-0.25, -0.2) is 4.79 Å². The molecule has 7 nitrogen and oxygen atoms in total. The van der Waals surface area contributed by atoms with E-state index in [4.69, 9.17) is 0 Å². The standard InChI is InChI=1S/C15H15N3O4/c1-10(19)11-3-5-12(6-4-11)16-14(20)9-18-8-7-13(17-18)15(21)22-2/h3-8H,9H2,1-2H3,(H,16,20). The van der Waals surface area contributed by atoms with Crippen LogP contribution in [0.25, 0.3) is 0 Å². The summed E-state index contributed by atoms with van der Waals surface area (Å²) in [5.41, 5.74) is 1.30. The third-order valence-electron chi connectivity index (χ3n) is 2.92. The summed E-state index contributed by atoms with van der Waals surface area (Å²) in [6.07, 6.45) is 1.52. The average Bonchev–Trinajstić information content (AvgIpc) is 2.95. The van der Waals surface area contributed by atoms with Crippen molar-refractivity contribution in [1.82, 2.24) is 9.78 Å². The van der Waals surface area contributed by atoms with Gasteiger partial charge in [-0.3, -0.25) is 14.3 Å². The van der Waals surface area contributed by atoms with Gasteiger partial charge in [0.05, 0.1) is 7.11 Å². The molecule has 0 atom stereocenters. The summed E-state index contributed by atoms with van der Waals surface area (Å²) >= 11 is 0. The van der Waals surface area contributed by atoms with Crippen molar-refractivity contribution in [2.75, 3.05) is 12.4 Å². The molecule has 1 aromatic heterocycles. The third-order valence-corrected chi connectivity index (χ3v) is 2.92. The zero-order valence-electron chi connectivity index (χ0n) is 12.2. The predicted octanol–water partition coefficient (Wildman–Crippen LogP) is 1.51. The minimum atomic E-state index is -0.557. The van der Waals surface area contributed by atoms with Crippen LogP contribution in [-0.4, -0.2) is 34.6 Å². The first kappa shape index (κ1) is 15.4. The number of carbonyl (C=O) groups is 3. The molecule has 0 saturated heterocycles. The van der Waals surface area contributed by atoms with Gasteiger partial charge >= 0.3 is 5.97 Å². The van der Waals surface area contributed by atoms with Crippen LogP contribution >= 0.6 is 0 Å². The highest BCUT2D eigenvalue weighted by Gasteiger charge is 2.11. The Bertz CT molecular complexity index is 704. The van der Waals surface area contributed by atoms with Crippen LogP contribution in [-0.2, 0) is 16.1 Å². The zero-order valence-corrected chi connectivity index (χ0v) is 12.2. The summed E-state index contributed by atoms with van der Waals surface area (Å²) < 4.78 is 5.88. The van der Waals surface area contributed by atoms with Crippen molar-refractivity contribution < 1.29 is 19.1 Å². The normalized spacial score (nSPS) is 10.1. The number of methoxy groups -OCH3 is 1. The van der Waals surface area contributed by atoms with Crippen LogP contribution in [0.15, 0.2) is 36.5 Å². The fraction of sp³-hybridized carbons (Fsp3) is 0.200. The smallest absolute Gasteiger partial charge is 0.358 e. The monoisotopic (exact) mass is 301 g/mol. The minimum Gasteiger partial charge on any atom is -0.464 e. The molecule has 114 valence electrons. The number of carbonyl (C=O) groups excluding carboxylic acids is 3. The molecule has 1 amide bonds. The molecular weight excluding hydrogens is 286 g/mol. The number of amides is 1. The molecule has 1 N–H and O–H groups in total. The average molecular weight is 301 g/mol. The molecule has 2 rings (SSSR count). The highest BCUT2D eigenvalue weighted by Crippen LogP contribution is 2.10. The Morgan fingerprint density at radius 3 is 2.45 bits per heavy atom. The summed E-state index contributed by atoms with van der Waals surface area (Å²) in [5, 5.41) is 6.62. The van der Waals surface area contributed by atoms with Crippen molar-refractivity contribution in [3.8, 4) is 0 Å². The first-order valence-corrected chi connectivity index (χ1v) is 6.52. The number of rotatable bonds is 5. The molecule has 0 saturated carbocycles. The minimum absolute atomic E-state index is 0.0363. The fourth-order valence-electron chi connectivity index (χ4n) is 1.80. The van der Waals surface area contributed by atoms with E-state index >= 15 is 0 Å². The van der Waals surface area contributed by atoms with E-state index in [9.17, 15) is 14.4 Å². The van der Waals surface area contributed by atoms with E-state index in [1.807, 2.05) is 0 Å². The highest BCUT2D eigenvalue weighted by atomic mass is 16.5. The number of benzene rings is 1. The molecule has 0 aliphatic heterocycles. The van der Waals surface area contributed by atoms with Gasteiger partial charge in [0.25, 0.3) is 0 Å². The van der Waals surface area contributed by atoms with Gasteiger partial charge < -0.3 is 10.1 Å². The van der Waals surface area contributed by atoms with Crippen molar-refractivity contribution in [3.05, 3.63) is 47.8 Å². The molecule has 0 aliphatic rings. The van der Waals surface area contributed by atoms with Gasteiger partial charge in [-0.1, -0.05) is 0 Å². The molecule has 1 aromatic carbocycles. The molecular formula is C15H15N3O4. The maximum atomic E-state index is 11.9. The van der Waals surface area contributed by atoms with E-state index in [1.165, 1.54) is 31.0 Å². The van der Waals surface area contributed by atoms with E-state index in [1.54, 1.807) is 24.3 Å². The lowest BCUT2D eigenvalue weighted by atomic mass is 10.1. The van der Waals surface area contributed by atoms with Crippen molar-refractivity contribution >= 4 is 23.3 Å². The molecule has 2 aromatic rings. The summed E-state index contributed by atoms with van der Waals surface area (Å²) in [4.78, 5) is 34.3. The largest absolute Gasteiger partial charge is 0.464 e. The van der Waals surface area contributed by atoms with E-state index in [2.05, 4.69) is 15.2 Å². The van der Waals surface area contributed by atoms with Gasteiger partial charge in [-0.2, -0.15) is 5.10 Å². The van der Waals surface area contributed by atoms with Gasteiger partial charge in [0.2, 0.25) is 5.91 Å². The Balaban J connectivity index is 1.96. The Labute approximate surface area is 126 Å². The summed E-state index contributed by atoms with van der Waals surface area (Å²) in [6, 6.07) is 8.05. The predicted molar refractivity (Wildman–Crippen MR) is 78.6 cm³/mol. The topological polar surface area (TPSA) is 90.3 Å². The van der Waals surface area contributed by atoms with Crippen LogP contribution in [0.3, 0.4) is 0 Å². The number of hydrogen-bond donors (Lipinski definition) is 1. The van der Waals surface area contributed by atoms with Crippen LogP contribution in [0.1, 0.15) is 27.8 Å². The number of Topliss-reactive ketones (excluding diaryl/α,β-unsaturated/α-hetero) is 1. The number of ketones is 1. The molecule has 0 spiro atoms. The van der Waals surface area contributed by atoms with Crippen molar-refractivity contribution in [1.29, 1.82) is 0 Å². The van der Waals surface area contributed by atoms with E-state index < -0.39 is 5.97 Å². The van der Waals surface area contributed by atoms with Crippen LogP contribution in [0.2, 0.25) is 0 Å². The first-order valence-electron chi connectivity index (χ1n) is 6.52. The number of nitrogens with one attached hydrogen (secondary N) is 1. The Kier molecular flexibility index (Phi) is 4.67. The van der Waals surface area contributed by atoms with E-state index in [-0.39, 0.29) is 23.9 Å². The van der Waals surface area contributed by atoms with Crippen LogP contribution in [0.5, 0.6) is 0 Å². The second-order valence-corrected chi connectivity index (χ2v) is 4.57. The number of aromatic nitrogens is 2. The number of ether oxygens (including phenoxy) is 1. The molecule has 0 bridgehead atoms. The second kappa shape index (κ2) is 6.66. The van der Waals surface area contributed by atoms with E-state index in [0.29, 0.717) is 11.3 Å². The summed E-state index contributed by atoms with van der Waals surface area (Å²) in [7, 11) is 1.26. The summed E-state index contributed by atoms with van der Waals surface area (Å²) in [5.74, 6) is -0.890. The van der Waals surface area contributed by atoms with Gasteiger partial charge in [-0.15, -0.1) is 0 Å². The van der Waals surface area contributed by atoms with E-state index in [0.717, 1.165) is 0 Å². The number of esters is 1. The maximum absolute atomic E-state index is 11.9. The molecule has 0 radical (unpaired) electrons. The van der Waals surface area contributed by atoms with Crippen molar-refractivity contribution in [3.63, 3.8) is 0 Å². The third kappa shape index (κ3) is 3.78. The molecule has 7 heteroatoms. The Morgan fingerprint density at radius 1 is 1.18 bits per heavy atom. The fourth-order valence-corrected chi connectivity index (χ4v) is 1.80. The Morgan fingerprint density at radius 2 is 1.86 bits per heavy atom. The molecule has 0 unspecified atom stereocenters. The molecule has 0 fully saturated rings.